The summed E-state index contributed by atoms with van der Waals surface area (Å²) in [6, 6.07) is 7.15. The summed E-state index contributed by atoms with van der Waals surface area (Å²) < 4.78 is 0. The van der Waals surface area contributed by atoms with Gasteiger partial charge in [0.2, 0.25) is 5.95 Å². The summed E-state index contributed by atoms with van der Waals surface area (Å²) in [5.74, 6) is -1.29. The van der Waals surface area contributed by atoms with Crippen LogP contribution in [0.1, 0.15) is 35.2 Å². The molecule has 2 aromatic rings. The van der Waals surface area contributed by atoms with Crippen LogP contribution in [0.15, 0.2) is 30.5 Å². The Morgan fingerprint density at radius 1 is 1.29 bits per heavy atom. The maximum absolute atomic E-state index is 11.7. The summed E-state index contributed by atoms with van der Waals surface area (Å²) in [5, 5.41) is 15.4. The smallest absolute Gasteiger partial charge is 0.306 e. The van der Waals surface area contributed by atoms with Crippen molar-refractivity contribution < 1.29 is 14.7 Å². The van der Waals surface area contributed by atoms with E-state index >= 15 is 0 Å². The average Bonchev–Trinajstić information content (AvgIpc) is 2.63. The number of amides is 1. The van der Waals surface area contributed by atoms with Crippen molar-refractivity contribution in [3.8, 4) is 0 Å². The van der Waals surface area contributed by atoms with Gasteiger partial charge >= 0.3 is 5.97 Å². The van der Waals surface area contributed by atoms with Crippen LogP contribution in [0, 0.1) is 12.8 Å². The molecule has 9 heteroatoms. The number of anilines is 3. The Kier molecular flexibility index (Phi) is 5.74. The summed E-state index contributed by atoms with van der Waals surface area (Å²) >= 11 is 0. The zero-order chi connectivity index (χ0) is 20.3. The van der Waals surface area contributed by atoms with Gasteiger partial charge in [0.25, 0.3) is 5.91 Å². The van der Waals surface area contributed by atoms with Crippen LogP contribution in [-0.2, 0) is 4.79 Å². The molecule has 1 heterocycles. The first kappa shape index (κ1) is 19.6. The molecule has 7 N–H and O–H groups in total. The van der Waals surface area contributed by atoms with Gasteiger partial charge in [-0.15, -0.1) is 0 Å². The lowest BCUT2D eigenvalue weighted by molar-refractivity contribution is -0.143. The minimum Gasteiger partial charge on any atom is -0.481 e. The Hall–Kier alpha value is -3.20. The van der Waals surface area contributed by atoms with Crippen molar-refractivity contribution in [2.24, 2.45) is 17.4 Å². The maximum Gasteiger partial charge on any atom is 0.306 e. The molecule has 1 aliphatic rings. The first-order valence-electron chi connectivity index (χ1n) is 9.09. The molecule has 3 rings (SSSR count). The molecule has 0 radical (unpaired) electrons. The highest BCUT2D eigenvalue weighted by molar-refractivity contribution is 5.98. The molecule has 1 amide bonds. The molecule has 1 fully saturated rings. The van der Waals surface area contributed by atoms with Crippen molar-refractivity contribution >= 4 is 29.3 Å². The van der Waals surface area contributed by atoms with Gasteiger partial charge in [-0.3, -0.25) is 9.59 Å². The highest BCUT2D eigenvalue weighted by Crippen LogP contribution is 2.26. The van der Waals surface area contributed by atoms with Crippen LogP contribution in [0.3, 0.4) is 0 Å². The van der Waals surface area contributed by atoms with Crippen molar-refractivity contribution in [2.75, 3.05) is 10.6 Å². The van der Waals surface area contributed by atoms with Gasteiger partial charge in [-0.2, -0.15) is 4.98 Å². The molecule has 0 unspecified atom stereocenters. The molecular formula is C19H24N6O3. The molecule has 1 aromatic heterocycles. The topological polar surface area (TPSA) is 156 Å². The average molecular weight is 384 g/mol. The Morgan fingerprint density at radius 3 is 2.71 bits per heavy atom. The Labute approximate surface area is 162 Å². The lowest BCUT2D eigenvalue weighted by Gasteiger charge is -2.32. The van der Waals surface area contributed by atoms with Gasteiger partial charge in [0.05, 0.1) is 5.92 Å². The minimum atomic E-state index is -0.819. The summed E-state index contributed by atoms with van der Waals surface area (Å²) in [6.45, 7) is 1.96. The second-order valence-electron chi connectivity index (χ2n) is 7.08. The first-order chi connectivity index (χ1) is 13.3. The largest absolute Gasteiger partial charge is 0.481 e. The number of hydrogen-bond donors (Lipinski definition) is 5. The second-order valence-corrected chi connectivity index (χ2v) is 7.08. The van der Waals surface area contributed by atoms with Crippen LogP contribution in [-0.4, -0.2) is 39.0 Å². The molecule has 0 spiro atoms. The van der Waals surface area contributed by atoms with Gasteiger partial charge in [-0.05, 0) is 43.9 Å². The number of carboxylic acids is 1. The molecule has 3 atom stereocenters. The second kappa shape index (κ2) is 8.22. The third-order valence-corrected chi connectivity index (χ3v) is 4.90. The van der Waals surface area contributed by atoms with Gasteiger partial charge in [0.15, 0.2) is 0 Å². The number of carboxylic acid groups (broad SMARTS) is 1. The third-order valence-electron chi connectivity index (χ3n) is 4.90. The van der Waals surface area contributed by atoms with E-state index in [9.17, 15) is 9.59 Å². The van der Waals surface area contributed by atoms with E-state index in [0.717, 1.165) is 11.3 Å². The van der Waals surface area contributed by atoms with Gasteiger partial charge in [0.1, 0.15) is 11.4 Å². The number of aliphatic carboxylic acids is 1. The van der Waals surface area contributed by atoms with E-state index in [1.807, 2.05) is 31.2 Å². The van der Waals surface area contributed by atoms with Gasteiger partial charge in [-0.25, -0.2) is 4.98 Å². The molecule has 1 aliphatic carbocycles. The number of primary amides is 1. The molecule has 148 valence electrons. The fraction of sp³-hybridized carbons (Fsp3) is 0.368. The van der Waals surface area contributed by atoms with Crippen LogP contribution < -0.4 is 22.1 Å². The number of aryl methyl sites for hydroxylation is 1. The number of nitrogens with one attached hydrogen (secondary N) is 2. The molecule has 0 bridgehead atoms. The Balaban J connectivity index is 1.79. The van der Waals surface area contributed by atoms with Crippen LogP contribution in [0.5, 0.6) is 0 Å². The van der Waals surface area contributed by atoms with E-state index in [0.29, 0.717) is 31.0 Å². The number of carbonyl (C=O) groups is 2. The summed E-state index contributed by atoms with van der Waals surface area (Å²) in [4.78, 5) is 31.5. The number of carbonyl (C=O) groups excluding carboxylic acids is 1. The van der Waals surface area contributed by atoms with Crippen LogP contribution in [0.2, 0.25) is 0 Å². The van der Waals surface area contributed by atoms with E-state index in [-0.39, 0.29) is 17.6 Å². The van der Waals surface area contributed by atoms with Crippen LogP contribution in [0.4, 0.5) is 17.5 Å². The molecule has 1 aromatic carbocycles. The number of benzene rings is 1. The van der Waals surface area contributed by atoms with Crippen molar-refractivity contribution in [3.05, 3.63) is 41.6 Å². The fourth-order valence-electron chi connectivity index (χ4n) is 3.36. The lowest BCUT2D eigenvalue weighted by atomic mass is 9.83. The lowest BCUT2D eigenvalue weighted by Crippen LogP contribution is -2.46. The zero-order valence-electron chi connectivity index (χ0n) is 15.6. The highest BCUT2D eigenvalue weighted by atomic mass is 16.4. The van der Waals surface area contributed by atoms with Crippen LogP contribution in [0.25, 0.3) is 0 Å². The quantitative estimate of drug-likeness (QED) is 0.503. The van der Waals surface area contributed by atoms with E-state index in [4.69, 9.17) is 16.6 Å². The summed E-state index contributed by atoms with van der Waals surface area (Å²) in [6.07, 6.45) is 2.89. The fourth-order valence-corrected chi connectivity index (χ4v) is 3.36. The number of nitrogens with zero attached hydrogens (tertiary/aromatic N) is 2. The molecule has 1 saturated carbocycles. The van der Waals surface area contributed by atoms with Gasteiger partial charge in [-0.1, -0.05) is 12.1 Å². The van der Waals surface area contributed by atoms with Crippen molar-refractivity contribution in [1.29, 1.82) is 0 Å². The molecule has 28 heavy (non-hydrogen) atoms. The first-order valence-corrected chi connectivity index (χ1v) is 9.09. The van der Waals surface area contributed by atoms with Gasteiger partial charge < -0.3 is 27.2 Å². The number of aromatic nitrogens is 2. The normalized spacial score (nSPS) is 21.7. The Bertz CT molecular complexity index is 888. The zero-order valence-corrected chi connectivity index (χ0v) is 15.6. The van der Waals surface area contributed by atoms with E-state index in [1.165, 1.54) is 6.20 Å². The molecular weight excluding hydrogens is 360 g/mol. The number of rotatable bonds is 6. The van der Waals surface area contributed by atoms with Crippen molar-refractivity contribution in [1.82, 2.24) is 9.97 Å². The monoisotopic (exact) mass is 384 g/mol. The van der Waals surface area contributed by atoms with E-state index in [1.54, 1.807) is 0 Å². The van der Waals surface area contributed by atoms with Crippen LogP contribution >= 0.6 is 0 Å². The van der Waals surface area contributed by atoms with Crippen molar-refractivity contribution in [2.45, 2.75) is 38.3 Å². The van der Waals surface area contributed by atoms with E-state index < -0.39 is 17.8 Å². The summed E-state index contributed by atoms with van der Waals surface area (Å²) in [7, 11) is 0. The number of hydrogen-bond acceptors (Lipinski definition) is 7. The highest BCUT2D eigenvalue weighted by Gasteiger charge is 2.32. The maximum atomic E-state index is 11.7. The Morgan fingerprint density at radius 2 is 2.07 bits per heavy atom. The molecule has 0 aliphatic heterocycles. The minimum absolute atomic E-state index is 0.151. The summed E-state index contributed by atoms with van der Waals surface area (Å²) in [5.41, 5.74) is 13.6. The van der Waals surface area contributed by atoms with Crippen molar-refractivity contribution in [3.63, 3.8) is 0 Å². The molecule has 0 saturated heterocycles. The predicted molar refractivity (Wildman–Crippen MR) is 105 cm³/mol. The third kappa shape index (κ3) is 4.55. The predicted octanol–water partition coefficient (Wildman–Crippen LogP) is 1.62. The SMILES string of the molecule is Cc1cccc(Nc2nc(N[C@@H]3CC[C@@H](C(=O)O)C[C@@H]3N)ncc2C(N)=O)c1. The molecule has 9 nitrogen and oxygen atoms in total. The number of nitrogens with two attached hydrogens (primary N) is 2. The standard InChI is InChI=1S/C19H24N6O3/c1-10-3-2-4-12(7-10)23-17-13(16(21)26)9-22-19(25-17)24-15-6-5-11(18(27)28)8-14(15)20/h2-4,7,9,11,14-15H,5-6,8,20H2,1H3,(H2,21,26)(H,27,28)(H2,22,23,24,25)/t11-,14+,15-/m1/s1. The van der Waals surface area contributed by atoms with Gasteiger partial charge in [0, 0.05) is 24.0 Å². The van der Waals surface area contributed by atoms with E-state index in [2.05, 4.69) is 20.6 Å².